The Labute approximate surface area is 88.1 Å². The molecule has 1 heterocycles. The predicted octanol–water partition coefficient (Wildman–Crippen LogP) is 3.41. The fraction of sp³-hybridized carbons (Fsp3) is 0.556. The summed E-state index contributed by atoms with van der Waals surface area (Å²) in [6.07, 6.45) is 7.01. The lowest BCUT2D eigenvalue weighted by Crippen LogP contribution is -1.86. The van der Waals surface area contributed by atoms with E-state index in [4.69, 9.17) is 11.6 Å². The second kappa shape index (κ2) is 6.22. The van der Waals surface area contributed by atoms with Gasteiger partial charge in [-0.3, -0.25) is 0 Å². The highest BCUT2D eigenvalue weighted by molar-refractivity contribution is 7.99. The second-order valence-electron chi connectivity index (χ2n) is 2.71. The summed E-state index contributed by atoms with van der Waals surface area (Å²) in [6, 6.07) is 0. The van der Waals surface area contributed by atoms with Crippen molar-refractivity contribution < 1.29 is 0 Å². The summed E-state index contributed by atoms with van der Waals surface area (Å²) in [4.78, 5) is 8.10. The van der Waals surface area contributed by atoms with Gasteiger partial charge in [0.15, 0.2) is 5.15 Å². The summed E-state index contributed by atoms with van der Waals surface area (Å²) in [5, 5.41) is 1.37. The SMILES string of the molecule is CCCCCSc1nccnc1Cl. The van der Waals surface area contributed by atoms with Crippen molar-refractivity contribution in [1.29, 1.82) is 0 Å². The molecule has 1 aromatic rings. The molecule has 0 saturated carbocycles. The first kappa shape index (κ1) is 10.8. The fourth-order valence-electron chi connectivity index (χ4n) is 0.926. The highest BCUT2D eigenvalue weighted by Crippen LogP contribution is 2.22. The third-order valence-corrected chi connectivity index (χ3v) is 3.06. The molecule has 0 spiro atoms. The minimum atomic E-state index is 0.518. The second-order valence-corrected chi connectivity index (χ2v) is 4.15. The normalized spacial score (nSPS) is 10.3. The Bertz CT molecular complexity index is 255. The number of halogens is 1. The van der Waals surface area contributed by atoms with Crippen molar-refractivity contribution in [2.75, 3.05) is 5.75 Å². The minimum absolute atomic E-state index is 0.518. The van der Waals surface area contributed by atoms with Crippen LogP contribution in [0.3, 0.4) is 0 Å². The van der Waals surface area contributed by atoms with E-state index < -0.39 is 0 Å². The number of rotatable bonds is 5. The lowest BCUT2D eigenvalue weighted by molar-refractivity contribution is 0.778. The summed E-state index contributed by atoms with van der Waals surface area (Å²) in [5.41, 5.74) is 0. The smallest absolute Gasteiger partial charge is 0.161 e. The van der Waals surface area contributed by atoms with E-state index in [0.717, 1.165) is 10.8 Å². The molecule has 0 aliphatic rings. The van der Waals surface area contributed by atoms with Gasteiger partial charge in [0.2, 0.25) is 0 Å². The number of nitrogens with zero attached hydrogens (tertiary/aromatic N) is 2. The van der Waals surface area contributed by atoms with Gasteiger partial charge >= 0.3 is 0 Å². The van der Waals surface area contributed by atoms with Gasteiger partial charge in [0.1, 0.15) is 5.03 Å². The summed E-state index contributed by atoms with van der Waals surface area (Å²) in [7, 11) is 0. The van der Waals surface area contributed by atoms with Crippen molar-refractivity contribution in [3.05, 3.63) is 17.5 Å². The molecule has 0 aliphatic heterocycles. The molecular formula is C9H13ClN2S. The van der Waals surface area contributed by atoms with E-state index in [-0.39, 0.29) is 0 Å². The fourth-order valence-corrected chi connectivity index (χ4v) is 2.04. The zero-order valence-corrected chi connectivity index (χ0v) is 9.24. The van der Waals surface area contributed by atoms with Gasteiger partial charge in [-0.25, -0.2) is 9.97 Å². The molecule has 72 valence electrons. The molecule has 0 radical (unpaired) electrons. The van der Waals surface area contributed by atoms with E-state index >= 15 is 0 Å². The molecule has 1 aromatic heterocycles. The zero-order chi connectivity index (χ0) is 9.52. The summed E-state index contributed by atoms with van der Waals surface area (Å²) in [5.74, 6) is 1.08. The zero-order valence-electron chi connectivity index (χ0n) is 7.66. The van der Waals surface area contributed by atoms with Crippen LogP contribution in [0.2, 0.25) is 5.15 Å². The molecule has 4 heteroatoms. The van der Waals surface area contributed by atoms with E-state index in [1.54, 1.807) is 24.2 Å². The highest BCUT2D eigenvalue weighted by atomic mass is 35.5. The van der Waals surface area contributed by atoms with E-state index in [2.05, 4.69) is 16.9 Å². The molecule has 0 atom stereocenters. The van der Waals surface area contributed by atoms with Crippen molar-refractivity contribution in [1.82, 2.24) is 9.97 Å². The van der Waals surface area contributed by atoms with Gasteiger partial charge in [-0.2, -0.15) is 0 Å². The molecule has 0 N–H and O–H groups in total. The average Bonchev–Trinajstić information content (AvgIpc) is 2.15. The summed E-state index contributed by atoms with van der Waals surface area (Å²) in [6.45, 7) is 2.19. The Morgan fingerprint density at radius 2 is 2.08 bits per heavy atom. The molecule has 2 nitrogen and oxygen atoms in total. The van der Waals surface area contributed by atoms with Crippen molar-refractivity contribution in [2.24, 2.45) is 0 Å². The standard InChI is InChI=1S/C9H13ClN2S/c1-2-3-4-7-13-9-8(10)11-5-6-12-9/h5-6H,2-4,7H2,1H3. The van der Waals surface area contributed by atoms with E-state index in [1.165, 1.54) is 19.3 Å². The maximum Gasteiger partial charge on any atom is 0.161 e. The summed E-state index contributed by atoms with van der Waals surface area (Å²) < 4.78 is 0. The Balaban J connectivity index is 2.32. The molecular weight excluding hydrogens is 204 g/mol. The molecule has 1 rings (SSSR count). The Hall–Kier alpha value is -0.280. The minimum Gasteiger partial charge on any atom is -0.245 e. The van der Waals surface area contributed by atoms with Gasteiger partial charge in [-0.15, -0.1) is 11.8 Å². The molecule has 0 unspecified atom stereocenters. The monoisotopic (exact) mass is 216 g/mol. The third-order valence-electron chi connectivity index (χ3n) is 1.61. The van der Waals surface area contributed by atoms with Crippen LogP contribution in [0.4, 0.5) is 0 Å². The third kappa shape index (κ3) is 3.96. The van der Waals surface area contributed by atoms with Crippen LogP contribution >= 0.6 is 23.4 Å². The highest BCUT2D eigenvalue weighted by Gasteiger charge is 2.01. The predicted molar refractivity (Wildman–Crippen MR) is 57.3 cm³/mol. The van der Waals surface area contributed by atoms with Gasteiger partial charge in [0.05, 0.1) is 0 Å². The van der Waals surface area contributed by atoms with Crippen LogP contribution in [-0.2, 0) is 0 Å². The van der Waals surface area contributed by atoms with Crippen LogP contribution in [0.1, 0.15) is 26.2 Å². The Morgan fingerprint density at radius 3 is 2.77 bits per heavy atom. The number of unbranched alkanes of at least 4 members (excludes halogenated alkanes) is 2. The van der Waals surface area contributed by atoms with E-state index in [0.29, 0.717) is 5.15 Å². The maximum absolute atomic E-state index is 5.84. The van der Waals surface area contributed by atoms with E-state index in [1.807, 2.05) is 0 Å². The average molecular weight is 217 g/mol. The summed E-state index contributed by atoms with van der Waals surface area (Å²) >= 11 is 7.52. The molecule has 13 heavy (non-hydrogen) atoms. The van der Waals surface area contributed by atoms with Crippen LogP contribution in [0.25, 0.3) is 0 Å². The Morgan fingerprint density at radius 1 is 1.31 bits per heavy atom. The molecule has 0 fully saturated rings. The van der Waals surface area contributed by atoms with Crippen molar-refractivity contribution in [3.8, 4) is 0 Å². The van der Waals surface area contributed by atoms with Crippen LogP contribution in [-0.4, -0.2) is 15.7 Å². The van der Waals surface area contributed by atoms with Crippen LogP contribution in [0.5, 0.6) is 0 Å². The number of thioether (sulfide) groups is 1. The van der Waals surface area contributed by atoms with Gasteiger partial charge < -0.3 is 0 Å². The molecule has 0 aliphatic carbocycles. The van der Waals surface area contributed by atoms with E-state index in [9.17, 15) is 0 Å². The molecule has 0 amide bonds. The van der Waals surface area contributed by atoms with Crippen molar-refractivity contribution >= 4 is 23.4 Å². The van der Waals surface area contributed by atoms with Crippen LogP contribution < -0.4 is 0 Å². The first-order chi connectivity index (χ1) is 6.34. The molecule has 0 saturated heterocycles. The lowest BCUT2D eigenvalue weighted by Gasteiger charge is -2.00. The largest absolute Gasteiger partial charge is 0.245 e. The Kier molecular flexibility index (Phi) is 5.16. The van der Waals surface area contributed by atoms with Gasteiger partial charge in [0.25, 0.3) is 0 Å². The van der Waals surface area contributed by atoms with Crippen LogP contribution in [0, 0.1) is 0 Å². The number of hydrogen-bond acceptors (Lipinski definition) is 3. The van der Waals surface area contributed by atoms with Gasteiger partial charge in [0, 0.05) is 12.4 Å². The van der Waals surface area contributed by atoms with Crippen LogP contribution in [0.15, 0.2) is 17.4 Å². The van der Waals surface area contributed by atoms with Crippen molar-refractivity contribution in [2.45, 2.75) is 31.2 Å². The molecule has 0 aromatic carbocycles. The van der Waals surface area contributed by atoms with Crippen molar-refractivity contribution in [3.63, 3.8) is 0 Å². The van der Waals surface area contributed by atoms with Gasteiger partial charge in [-0.05, 0) is 12.2 Å². The quantitative estimate of drug-likeness (QED) is 0.557. The topological polar surface area (TPSA) is 25.8 Å². The molecule has 0 bridgehead atoms. The first-order valence-corrected chi connectivity index (χ1v) is 5.80. The van der Waals surface area contributed by atoms with Gasteiger partial charge in [-0.1, -0.05) is 31.4 Å². The number of aromatic nitrogens is 2. The number of hydrogen-bond donors (Lipinski definition) is 0. The first-order valence-electron chi connectivity index (χ1n) is 4.44. The maximum atomic E-state index is 5.84. The lowest BCUT2D eigenvalue weighted by atomic mass is 10.3.